The maximum absolute atomic E-state index is 12.7. The summed E-state index contributed by atoms with van der Waals surface area (Å²) in [4.78, 5) is 81.7. The predicted molar refractivity (Wildman–Crippen MR) is 117 cm³/mol. The number of primary amides is 1. The van der Waals surface area contributed by atoms with E-state index in [1.165, 1.54) is 11.8 Å². The summed E-state index contributed by atoms with van der Waals surface area (Å²) in [7, 11) is 0. The van der Waals surface area contributed by atoms with Crippen LogP contribution in [0.2, 0.25) is 0 Å². The van der Waals surface area contributed by atoms with Gasteiger partial charge in [-0.05, 0) is 24.9 Å². The molecule has 0 fully saturated rings. The Labute approximate surface area is 198 Å². The number of carbonyl (C=O) groups excluding carboxylic acids is 4. The molecule has 0 bridgehead atoms. The molecule has 0 saturated heterocycles. The first-order valence-electron chi connectivity index (χ1n) is 9.88. The third-order valence-corrected chi connectivity index (χ3v) is 4.92. The van der Waals surface area contributed by atoms with Crippen LogP contribution in [-0.4, -0.2) is 93.0 Å². The third kappa shape index (κ3) is 12.6. The van der Waals surface area contributed by atoms with Gasteiger partial charge in [-0.25, -0.2) is 4.79 Å². The minimum Gasteiger partial charge on any atom is -0.481 e. The first kappa shape index (κ1) is 30.6. The Morgan fingerprint density at radius 2 is 1.26 bits per heavy atom. The quantitative estimate of drug-likeness (QED) is 0.0968. The standard InChI is InChI=1S/C18H29N5O10S/c1-34-5-4-10(18(32)33)22-17(31)11(7-14(27)28)23-16(30)9(2-3-12(20)24)21-15(29)8(19)6-13(25)26/h8-11H,2-7,19H2,1H3,(H2,20,24)(H,21,29)(H,22,31)(H,23,30)(H,25,26)(H,27,28)(H,32,33). The zero-order valence-corrected chi connectivity index (χ0v) is 19.1. The highest BCUT2D eigenvalue weighted by atomic mass is 32.2. The monoisotopic (exact) mass is 507 g/mol. The average Bonchev–Trinajstić information content (AvgIpc) is 2.71. The molecule has 0 rings (SSSR count). The van der Waals surface area contributed by atoms with Crippen LogP contribution in [0.1, 0.15) is 32.1 Å². The molecule has 0 aromatic carbocycles. The second-order valence-electron chi connectivity index (χ2n) is 7.11. The number of hydrogen-bond acceptors (Lipinski definition) is 9. The molecule has 15 nitrogen and oxygen atoms in total. The van der Waals surface area contributed by atoms with Crippen molar-refractivity contribution in [2.75, 3.05) is 12.0 Å². The zero-order valence-electron chi connectivity index (χ0n) is 18.3. The van der Waals surface area contributed by atoms with Crippen molar-refractivity contribution >= 4 is 53.3 Å². The lowest BCUT2D eigenvalue weighted by atomic mass is 10.1. The van der Waals surface area contributed by atoms with Crippen LogP contribution in [0.25, 0.3) is 0 Å². The van der Waals surface area contributed by atoms with Crippen molar-refractivity contribution in [3.05, 3.63) is 0 Å². The smallest absolute Gasteiger partial charge is 0.326 e. The van der Waals surface area contributed by atoms with Gasteiger partial charge in [-0.1, -0.05) is 0 Å². The molecule has 0 heterocycles. The van der Waals surface area contributed by atoms with Crippen molar-refractivity contribution in [2.45, 2.75) is 56.3 Å². The lowest BCUT2D eigenvalue weighted by Crippen LogP contribution is -2.57. The Morgan fingerprint density at radius 1 is 0.765 bits per heavy atom. The zero-order chi connectivity index (χ0) is 26.4. The van der Waals surface area contributed by atoms with Crippen LogP contribution in [0.15, 0.2) is 0 Å². The molecule has 0 aliphatic heterocycles. The summed E-state index contributed by atoms with van der Waals surface area (Å²) in [6, 6.07) is -6.11. The van der Waals surface area contributed by atoms with Gasteiger partial charge in [-0.2, -0.15) is 11.8 Å². The number of hydrogen-bond donors (Lipinski definition) is 8. The number of amides is 4. The topological polar surface area (TPSA) is 268 Å². The summed E-state index contributed by atoms with van der Waals surface area (Å²) < 4.78 is 0. The number of carboxylic acids is 3. The molecular weight excluding hydrogens is 478 g/mol. The van der Waals surface area contributed by atoms with Gasteiger partial charge in [0, 0.05) is 6.42 Å². The fraction of sp³-hybridized carbons (Fsp3) is 0.611. The van der Waals surface area contributed by atoms with Gasteiger partial charge in [0.15, 0.2) is 0 Å². The molecule has 0 aromatic heterocycles. The summed E-state index contributed by atoms with van der Waals surface area (Å²) in [5, 5.41) is 33.5. The number of thioether (sulfide) groups is 1. The summed E-state index contributed by atoms with van der Waals surface area (Å²) in [5.41, 5.74) is 10.5. The number of nitrogens with two attached hydrogens (primary N) is 2. The lowest BCUT2D eigenvalue weighted by Gasteiger charge is -2.24. The SMILES string of the molecule is CSCCC(NC(=O)C(CC(=O)O)NC(=O)C(CCC(N)=O)NC(=O)C(N)CC(=O)O)C(=O)O. The molecule has 0 aromatic rings. The van der Waals surface area contributed by atoms with E-state index < -0.39 is 85.0 Å². The summed E-state index contributed by atoms with van der Waals surface area (Å²) in [6.45, 7) is 0. The van der Waals surface area contributed by atoms with Crippen molar-refractivity contribution in [3.8, 4) is 0 Å². The van der Waals surface area contributed by atoms with Crippen molar-refractivity contribution in [2.24, 2.45) is 11.5 Å². The van der Waals surface area contributed by atoms with Gasteiger partial charge in [-0.15, -0.1) is 0 Å². The minimum atomic E-state index is -1.72. The van der Waals surface area contributed by atoms with E-state index in [-0.39, 0.29) is 12.8 Å². The van der Waals surface area contributed by atoms with E-state index in [9.17, 15) is 38.7 Å². The number of carboxylic acid groups (broad SMARTS) is 3. The number of nitrogens with one attached hydrogen (secondary N) is 3. The Hall–Kier alpha value is -3.40. The largest absolute Gasteiger partial charge is 0.481 e. The fourth-order valence-electron chi connectivity index (χ4n) is 2.54. The molecular formula is C18H29N5O10S. The molecule has 4 atom stereocenters. The van der Waals surface area contributed by atoms with E-state index in [2.05, 4.69) is 16.0 Å². The number of rotatable bonds is 17. The maximum atomic E-state index is 12.7. The van der Waals surface area contributed by atoms with Gasteiger partial charge >= 0.3 is 17.9 Å². The highest BCUT2D eigenvalue weighted by Gasteiger charge is 2.32. The van der Waals surface area contributed by atoms with E-state index in [4.69, 9.17) is 21.7 Å². The Kier molecular flexibility index (Phi) is 13.9. The first-order valence-corrected chi connectivity index (χ1v) is 11.3. The Morgan fingerprint density at radius 3 is 1.74 bits per heavy atom. The van der Waals surface area contributed by atoms with Crippen LogP contribution in [-0.2, 0) is 33.6 Å². The van der Waals surface area contributed by atoms with Gasteiger partial charge in [-0.3, -0.25) is 28.8 Å². The molecule has 4 amide bonds. The van der Waals surface area contributed by atoms with E-state index in [0.717, 1.165) is 0 Å². The van der Waals surface area contributed by atoms with Crippen LogP contribution in [0.4, 0.5) is 0 Å². The molecule has 0 aliphatic carbocycles. The molecule has 0 aliphatic rings. The minimum absolute atomic E-state index is 0.0364. The second-order valence-corrected chi connectivity index (χ2v) is 8.10. The van der Waals surface area contributed by atoms with Crippen LogP contribution in [0, 0.1) is 0 Å². The lowest BCUT2D eigenvalue weighted by molar-refractivity contribution is -0.143. The van der Waals surface area contributed by atoms with Crippen LogP contribution in [0.3, 0.4) is 0 Å². The van der Waals surface area contributed by atoms with E-state index in [0.29, 0.717) is 5.75 Å². The highest BCUT2D eigenvalue weighted by Crippen LogP contribution is 2.05. The first-order chi connectivity index (χ1) is 15.8. The summed E-state index contributed by atoms with van der Waals surface area (Å²) in [6.07, 6.45) is -0.669. The normalized spacial score (nSPS) is 14.1. The number of carbonyl (C=O) groups is 7. The van der Waals surface area contributed by atoms with Crippen molar-refractivity contribution in [1.29, 1.82) is 0 Å². The van der Waals surface area contributed by atoms with Crippen LogP contribution >= 0.6 is 11.8 Å². The van der Waals surface area contributed by atoms with Gasteiger partial charge < -0.3 is 42.7 Å². The van der Waals surface area contributed by atoms with E-state index >= 15 is 0 Å². The highest BCUT2D eigenvalue weighted by molar-refractivity contribution is 7.98. The van der Waals surface area contributed by atoms with Gasteiger partial charge in [0.2, 0.25) is 23.6 Å². The Balaban J connectivity index is 5.56. The van der Waals surface area contributed by atoms with Crippen molar-refractivity contribution < 1.29 is 48.9 Å². The second kappa shape index (κ2) is 15.4. The third-order valence-electron chi connectivity index (χ3n) is 4.28. The molecule has 4 unspecified atom stereocenters. The summed E-state index contributed by atoms with van der Waals surface area (Å²) in [5.74, 6) is -7.91. The average molecular weight is 508 g/mol. The molecule has 34 heavy (non-hydrogen) atoms. The predicted octanol–water partition coefficient (Wildman–Crippen LogP) is -3.18. The Bertz CT molecular complexity index is 793. The number of aliphatic carboxylic acids is 3. The molecule has 0 saturated carbocycles. The fourth-order valence-corrected chi connectivity index (χ4v) is 3.01. The molecule has 192 valence electrons. The molecule has 10 N–H and O–H groups in total. The van der Waals surface area contributed by atoms with E-state index in [1.54, 1.807) is 6.26 Å². The van der Waals surface area contributed by atoms with Crippen LogP contribution in [0.5, 0.6) is 0 Å². The van der Waals surface area contributed by atoms with E-state index in [1.807, 2.05) is 0 Å². The van der Waals surface area contributed by atoms with Gasteiger partial charge in [0.05, 0.1) is 18.9 Å². The van der Waals surface area contributed by atoms with Crippen LogP contribution < -0.4 is 27.4 Å². The summed E-state index contributed by atoms with van der Waals surface area (Å²) >= 11 is 1.32. The van der Waals surface area contributed by atoms with Crippen molar-refractivity contribution in [1.82, 2.24) is 16.0 Å². The molecule has 0 radical (unpaired) electrons. The maximum Gasteiger partial charge on any atom is 0.326 e. The van der Waals surface area contributed by atoms with Crippen molar-refractivity contribution in [3.63, 3.8) is 0 Å². The molecule has 16 heteroatoms. The molecule has 0 spiro atoms. The van der Waals surface area contributed by atoms with Gasteiger partial charge in [0.1, 0.15) is 18.1 Å². The van der Waals surface area contributed by atoms with Gasteiger partial charge in [0.25, 0.3) is 0 Å².